The highest BCUT2D eigenvalue weighted by Gasteiger charge is 2.26. The lowest BCUT2D eigenvalue weighted by atomic mass is 10.1. The third-order valence-corrected chi connectivity index (χ3v) is 7.01. The van der Waals surface area contributed by atoms with E-state index in [4.69, 9.17) is 4.74 Å². The summed E-state index contributed by atoms with van der Waals surface area (Å²) in [5.74, 6) is -0.280. The first kappa shape index (κ1) is 20.7. The summed E-state index contributed by atoms with van der Waals surface area (Å²) in [5, 5.41) is 16.6. The maximum Gasteiger partial charge on any atom is 0.259 e. The van der Waals surface area contributed by atoms with E-state index in [1.165, 1.54) is 18.4 Å². The monoisotopic (exact) mass is 467 g/mol. The number of nitrogens with one attached hydrogen (secondary N) is 2. The number of rotatable bonds is 7. The molecule has 0 aliphatic carbocycles. The van der Waals surface area contributed by atoms with Crippen LogP contribution in [0.25, 0.3) is 10.3 Å². The standard InChI is InChI=1S/C21H21N7O2S2/c1-30-16(13-6-3-2-4-7-13)18(29)25-20-27-26-19(32-20)23-14-9-11-28(12-14)21-24-17-15(31-21)8-5-10-22-17/h2-8,10,14,16H,9,11-12H2,1H3,(H,23,26)(H,25,27,29)/t14-,16+/m1/s1. The van der Waals surface area contributed by atoms with Crippen molar-refractivity contribution in [2.75, 3.05) is 35.7 Å². The van der Waals surface area contributed by atoms with Gasteiger partial charge in [0.2, 0.25) is 10.3 Å². The predicted octanol–water partition coefficient (Wildman–Crippen LogP) is 3.56. The number of carbonyl (C=O) groups excluding carboxylic acids is 1. The number of methoxy groups -OCH3 is 1. The molecule has 164 valence electrons. The van der Waals surface area contributed by atoms with Crippen LogP contribution in [0.4, 0.5) is 15.4 Å². The van der Waals surface area contributed by atoms with Gasteiger partial charge in [0.15, 0.2) is 16.9 Å². The van der Waals surface area contributed by atoms with Crippen LogP contribution in [-0.2, 0) is 9.53 Å². The fourth-order valence-electron chi connectivity index (χ4n) is 3.64. The molecule has 4 aromatic rings. The molecular formula is C21H21N7O2S2. The molecule has 9 nitrogen and oxygen atoms in total. The van der Waals surface area contributed by atoms with E-state index in [0.717, 1.165) is 40.6 Å². The molecule has 0 radical (unpaired) electrons. The van der Waals surface area contributed by atoms with Gasteiger partial charge in [-0.3, -0.25) is 10.1 Å². The molecule has 1 fully saturated rings. The Hall–Kier alpha value is -3.15. The van der Waals surface area contributed by atoms with E-state index < -0.39 is 6.10 Å². The number of nitrogens with zero attached hydrogens (tertiary/aromatic N) is 5. The molecule has 11 heteroatoms. The van der Waals surface area contributed by atoms with Crippen LogP contribution in [0, 0.1) is 0 Å². The lowest BCUT2D eigenvalue weighted by Gasteiger charge is -2.15. The Morgan fingerprint density at radius 3 is 2.81 bits per heavy atom. The van der Waals surface area contributed by atoms with E-state index >= 15 is 0 Å². The van der Waals surface area contributed by atoms with Crippen molar-refractivity contribution in [3.63, 3.8) is 0 Å². The number of carbonyl (C=O) groups is 1. The zero-order chi connectivity index (χ0) is 21.9. The van der Waals surface area contributed by atoms with Crippen molar-refractivity contribution >= 4 is 54.3 Å². The molecule has 1 amide bonds. The van der Waals surface area contributed by atoms with Gasteiger partial charge in [-0.05, 0) is 24.1 Å². The van der Waals surface area contributed by atoms with Crippen LogP contribution < -0.4 is 15.5 Å². The zero-order valence-corrected chi connectivity index (χ0v) is 18.9. The summed E-state index contributed by atoms with van der Waals surface area (Å²) in [7, 11) is 1.51. The SMILES string of the molecule is CO[C@H](C(=O)Nc1nnc(N[C@@H]2CCN(c3nc4ncccc4s3)C2)s1)c1ccccc1. The minimum Gasteiger partial charge on any atom is -0.367 e. The first-order valence-corrected chi connectivity index (χ1v) is 11.8. The summed E-state index contributed by atoms with van der Waals surface area (Å²) in [4.78, 5) is 23.9. The van der Waals surface area contributed by atoms with E-state index in [0.29, 0.717) is 10.3 Å². The number of pyridine rings is 1. The van der Waals surface area contributed by atoms with Crippen LogP contribution >= 0.6 is 22.7 Å². The number of ether oxygens (including phenoxy) is 1. The van der Waals surface area contributed by atoms with Gasteiger partial charge in [-0.1, -0.05) is 53.0 Å². The molecule has 1 aliphatic rings. The Morgan fingerprint density at radius 1 is 1.16 bits per heavy atom. The van der Waals surface area contributed by atoms with Crippen molar-refractivity contribution < 1.29 is 9.53 Å². The van der Waals surface area contributed by atoms with Crippen LogP contribution in [-0.4, -0.2) is 52.3 Å². The minimum atomic E-state index is -0.705. The third-order valence-electron chi connectivity index (χ3n) is 5.17. The second-order valence-corrected chi connectivity index (χ2v) is 9.31. The second kappa shape index (κ2) is 9.15. The Bertz CT molecular complexity index is 1180. The Labute approximate surface area is 192 Å². The summed E-state index contributed by atoms with van der Waals surface area (Å²) >= 11 is 2.97. The largest absolute Gasteiger partial charge is 0.367 e. The van der Waals surface area contributed by atoms with Gasteiger partial charge in [0.25, 0.3) is 5.91 Å². The van der Waals surface area contributed by atoms with Gasteiger partial charge < -0.3 is 15.0 Å². The average molecular weight is 468 g/mol. The average Bonchev–Trinajstić information content (AvgIpc) is 3.55. The Kier molecular flexibility index (Phi) is 5.93. The van der Waals surface area contributed by atoms with Crippen molar-refractivity contribution in [2.45, 2.75) is 18.6 Å². The Balaban J connectivity index is 1.19. The highest BCUT2D eigenvalue weighted by molar-refractivity contribution is 7.22. The Morgan fingerprint density at radius 2 is 2.00 bits per heavy atom. The number of anilines is 3. The number of amides is 1. The topological polar surface area (TPSA) is 105 Å². The molecule has 0 saturated carbocycles. The number of hydrogen-bond acceptors (Lipinski definition) is 10. The molecule has 1 aliphatic heterocycles. The van der Waals surface area contributed by atoms with E-state index in [9.17, 15) is 4.79 Å². The van der Waals surface area contributed by atoms with Crippen molar-refractivity contribution in [1.29, 1.82) is 0 Å². The maximum absolute atomic E-state index is 12.6. The van der Waals surface area contributed by atoms with Gasteiger partial charge in [0.05, 0.1) is 4.70 Å². The smallest absolute Gasteiger partial charge is 0.259 e. The molecule has 2 atom stereocenters. The number of hydrogen-bond donors (Lipinski definition) is 2. The first-order chi connectivity index (χ1) is 15.7. The van der Waals surface area contributed by atoms with Gasteiger partial charge in [-0.15, -0.1) is 10.2 Å². The summed E-state index contributed by atoms with van der Waals surface area (Å²) in [6.45, 7) is 1.73. The molecule has 0 bridgehead atoms. The minimum absolute atomic E-state index is 0.225. The van der Waals surface area contributed by atoms with Crippen LogP contribution in [0.2, 0.25) is 0 Å². The van der Waals surface area contributed by atoms with Crippen LogP contribution in [0.3, 0.4) is 0 Å². The molecule has 32 heavy (non-hydrogen) atoms. The van der Waals surface area contributed by atoms with E-state index in [2.05, 4.69) is 35.7 Å². The molecule has 0 unspecified atom stereocenters. The summed E-state index contributed by atoms with van der Waals surface area (Å²) < 4.78 is 6.47. The second-order valence-electron chi connectivity index (χ2n) is 7.33. The van der Waals surface area contributed by atoms with Gasteiger partial charge in [0.1, 0.15) is 0 Å². The molecule has 1 aromatic carbocycles. The quantitative estimate of drug-likeness (QED) is 0.425. The number of benzene rings is 1. The molecule has 0 spiro atoms. The highest BCUT2D eigenvalue weighted by Crippen LogP contribution is 2.31. The normalized spacial score (nSPS) is 16.9. The van der Waals surface area contributed by atoms with Crippen molar-refractivity contribution in [2.24, 2.45) is 0 Å². The van der Waals surface area contributed by atoms with E-state index in [-0.39, 0.29) is 11.9 Å². The van der Waals surface area contributed by atoms with Crippen molar-refractivity contribution in [3.8, 4) is 0 Å². The molecule has 2 N–H and O–H groups in total. The fourth-order valence-corrected chi connectivity index (χ4v) is 5.33. The molecular weight excluding hydrogens is 446 g/mol. The van der Waals surface area contributed by atoms with Crippen molar-refractivity contribution in [1.82, 2.24) is 20.2 Å². The van der Waals surface area contributed by atoms with Gasteiger partial charge in [-0.2, -0.15) is 4.98 Å². The summed E-state index contributed by atoms with van der Waals surface area (Å²) in [6, 6.07) is 13.5. The zero-order valence-electron chi connectivity index (χ0n) is 17.3. The summed E-state index contributed by atoms with van der Waals surface area (Å²) in [6.07, 6.45) is 2.02. The number of aromatic nitrogens is 4. The lowest BCUT2D eigenvalue weighted by Crippen LogP contribution is -2.25. The molecule has 3 aromatic heterocycles. The van der Waals surface area contributed by atoms with Gasteiger partial charge in [0, 0.05) is 32.4 Å². The molecule has 1 saturated heterocycles. The van der Waals surface area contributed by atoms with Crippen LogP contribution in [0.1, 0.15) is 18.1 Å². The number of fused-ring (bicyclic) bond motifs is 1. The number of thiazole rings is 1. The third kappa shape index (κ3) is 4.40. The maximum atomic E-state index is 12.6. The predicted molar refractivity (Wildman–Crippen MR) is 126 cm³/mol. The first-order valence-electron chi connectivity index (χ1n) is 10.1. The van der Waals surface area contributed by atoms with E-state index in [1.807, 2.05) is 42.5 Å². The summed E-state index contributed by atoms with van der Waals surface area (Å²) in [5.41, 5.74) is 1.57. The van der Waals surface area contributed by atoms with Crippen molar-refractivity contribution in [3.05, 3.63) is 54.2 Å². The molecule has 5 rings (SSSR count). The molecule has 4 heterocycles. The van der Waals surface area contributed by atoms with Crippen LogP contribution in [0.15, 0.2) is 48.7 Å². The lowest BCUT2D eigenvalue weighted by molar-refractivity contribution is -0.126. The van der Waals surface area contributed by atoms with E-state index in [1.54, 1.807) is 17.5 Å². The van der Waals surface area contributed by atoms with Gasteiger partial charge in [-0.25, -0.2) is 4.98 Å². The van der Waals surface area contributed by atoms with Crippen LogP contribution in [0.5, 0.6) is 0 Å². The van der Waals surface area contributed by atoms with Gasteiger partial charge >= 0.3 is 0 Å². The highest BCUT2D eigenvalue weighted by atomic mass is 32.1. The fraction of sp³-hybridized carbons (Fsp3) is 0.286.